The number of rotatable bonds is 10. The lowest BCUT2D eigenvalue weighted by molar-refractivity contribution is -0.145. The van der Waals surface area contributed by atoms with E-state index in [0.29, 0.717) is 19.8 Å². The third-order valence-electron chi connectivity index (χ3n) is 2.36. The molecule has 4 heteroatoms. The molecule has 0 amide bonds. The van der Waals surface area contributed by atoms with Crippen LogP contribution in [0.5, 0.6) is 0 Å². The second-order valence-corrected chi connectivity index (χ2v) is 3.75. The second-order valence-electron chi connectivity index (χ2n) is 3.75. The molecule has 0 saturated heterocycles. The number of methoxy groups -OCH3 is 1. The van der Waals surface area contributed by atoms with Gasteiger partial charge >= 0.3 is 5.97 Å². The maximum absolute atomic E-state index is 11.6. The quantitative estimate of drug-likeness (QED) is 0.459. The summed E-state index contributed by atoms with van der Waals surface area (Å²) < 4.78 is 9.97. The molecule has 0 aliphatic rings. The highest BCUT2D eigenvalue weighted by Gasteiger charge is 2.17. The fraction of sp³-hybridized carbons (Fsp3) is 0.917. The first-order valence-electron chi connectivity index (χ1n) is 6.15. The van der Waals surface area contributed by atoms with Crippen molar-refractivity contribution in [2.24, 2.45) is 0 Å². The molecule has 0 bridgehead atoms. The Hall–Kier alpha value is -0.610. The largest absolute Gasteiger partial charge is 0.465 e. The molecule has 0 radical (unpaired) electrons. The summed E-state index contributed by atoms with van der Waals surface area (Å²) in [6.07, 6.45) is 4.21. The molecule has 0 spiro atoms. The van der Waals surface area contributed by atoms with E-state index in [2.05, 4.69) is 12.2 Å². The van der Waals surface area contributed by atoms with Gasteiger partial charge in [-0.15, -0.1) is 0 Å². The number of carbonyl (C=O) groups is 1. The first-order valence-corrected chi connectivity index (χ1v) is 6.15. The van der Waals surface area contributed by atoms with Gasteiger partial charge in [0, 0.05) is 13.7 Å². The van der Waals surface area contributed by atoms with E-state index in [9.17, 15) is 4.79 Å². The van der Waals surface area contributed by atoms with Gasteiger partial charge in [-0.1, -0.05) is 26.2 Å². The zero-order valence-corrected chi connectivity index (χ0v) is 10.8. The fourth-order valence-electron chi connectivity index (χ4n) is 1.48. The van der Waals surface area contributed by atoms with Gasteiger partial charge in [0.05, 0.1) is 13.2 Å². The molecule has 0 aromatic rings. The highest BCUT2D eigenvalue weighted by atomic mass is 16.5. The number of carbonyl (C=O) groups excluding carboxylic acids is 1. The number of hydrogen-bond acceptors (Lipinski definition) is 4. The zero-order valence-electron chi connectivity index (χ0n) is 10.8. The Morgan fingerprint density at radius 1 is 1.31 bits per heavy atom. The number of nitrogens with one attached hydrogen (secondary N) is 1. The monoisotopic (exact) mass is 231 g/mol. The Labute approximate surface area is 98.7 Å². The van der Waals surface area contributed by atoms with Crippen LogP contribution in [0.4, 0.5) is 0 Å². The summed E-state index contributed by atoms with van der Waals surface area (Å²) in [6.45, 7) is 5.72. The molecule has 16 heavy (non-hydrogen) atoms. The predicted molar refractivity (Wildman–Crippen MR) is 64.4 cm³/mol. The number of esters is 1. The average Bonchev–Trinajstić information content (AvgIpc) is 2.28. The Bertz CT molecular complexity index is 164. The van der Waals surface area contributed by atoms with E-state index in [1.807, 2.05) is 6.92 Å². The van der Waals surface area contributed by atoms with Crippen molar-refractivity contribution in [1.82, 2.24) is 5.32 Å². The molecule has 0 aromatic carbocycles. The Balaban J connectivity index is 3.89. The number of ether oxygens (including phenoxy) is 2. The van der Waals surface area contributed by atoms with Gasteiger partial charge in [-0.3, -0.25) is 4.79 Å². The summed E-state index contributed by atoms with van der Waals surface area (Å²) in [7, 11) is 1.65. The van der Waals surface area contributed by atoms with Crippen LogP contribution in [0.15, 0.2) is 0 Å². The van der Waals surface area contributed by atoms with Gasteiger partial charge < -0.3 is 14.8 Å². The molecule has 0 aliphatic heterocycles. The summed E-state index contributed by atoms with van der Waals surface area (Å²) in [5.41, 5.74) is 0. The minimum Gasteiger partial charge on any atom is -0.465 e. The topological polar surface area (TPSA) is 47.6 Å². The second kappa shape index (κ2) is 10.9. The van der Waals surface area contributed by atoms with Crippen molar-refractivity contribution in [2.75, 3.05) is 26.9 Å². The highest BCUT2D eigenvalue weighted by molar-refractivity contribution is 5.75. The van der Waals surface area contributed by atoms with Gasteiger partial charge in [0.25, 0.3) is 0 Å². The van der Waals surface area contributed by atoms with Crippen molar-refractivity contribution >= 4 is 5.97 Å². The van der Waals surface area contributed by atoms with E-state index < -0.39 is 0 Å². The normalized spacial score (nSPS) is 12.4. The van der Waals surface area contributed by atoms with Crippen LogP contribution in [-0.4, -0.2) is 38.9 Å². The van der Waals surface area contributed by atoms with Crippen LogP contribution in [0.2, 0.25) is 0 Å². The third kappa shape index (κ3) is 7.65. The fourth-order valence-corrected chi connectivity index (χ4v) is 1.48. The summed E-state index contributed by atoms with van der Waals surface area (Å²) in [6, 6.07) is -0.179. The minimum absolute atomic E-state index is 0.144. The van der Waals surface area contributed by atoms with Gasteiger partial charge in [0.2, 0.25) is 0 Å². The average molecular weight is 231 g/mol. The van der Waals surface area contributed by atoms with Gasteiger partial charge in [0.15, 0.2) is 0 Å². The van der Waals surface area contributed by atoms with Crippen molar-refractivity contribution in [1.29, 1.82) is 0 Å². The van der Waals surface area contributed by atoms with E-state index in [4.69, 9.17) is 9.47 Å². The molecule has 1 atom stereocenters. The molecule has 0 aromatic heterocycles. The van der Waals surface area contributed by atoms with Crippen molar-refractivity contribution in [3.8, 4) is 0 Å². The SMILES string of the molecule is CCCCCC(NCCOC)C(=O)OCC. The Kier molecular flexibility index (Phi) is 10.5. The van der Waals surface area contributed by atoms with Crippen LogP contribution < -0.4 is 5.32 Å². The molecule has 96 valence electrons. The number of hydrogen-bond donors (Lipinski definition) is 1. The molecule has 0 heterocycles. The predicted octanol–water partition coefficient (Wildman–Crippen LogP) is 1.73. The molecule has 1 N–H and O–H groups in total. The van der Waals surface area contributed by atoms with Crippen LogP contribution in [-0.2, 0) is 14.3 Å². The molecule has 0 aliphatic carbocycles. The summed E-state index contributed by atoms with van der Waals surface area (Å²) in [4.78, 5) is 11.6. The van der Waals surface area contributed by atoms with Crippen LogP contribution in [0.3, 0.4) is 0 Å². The van der Waals surface area contributed by atoms with Gasteiger partial charge in [-0.05, 0) is 13.3 Å². The van der Waals surface area contributed by atoms with Crippen molar-refractivity contribution < 1.29 is 14.3 Å². The summed E-state index contributed by atoms with van der Waals surface area (Å²) in [5.74, 6) is -0.144. The summed E-state index contributed by atoms with van der Waals surface area (Å²) in [5, 5.41) is 3.16. The standard InChI is InChI=1S/C12H25NO3/c1-4-6-7-8-11(12(14)16-5-2)13-9-10-15-3/h11,13H,4-10H2,1-3H3. The Morgan fingerprint density at radius 3 is 2.62 bits per heavy atom. The van der Waals surface area contributed by atoms with Crippen molar-refractivity contribution in [3.05, 3.63) is 0 Å². The Morgan fingerprint density at radius 2 is 2.06 bits per heavy atom. The molecule has 0 saturated carbocycles. The van der Waals surface area contributed by atoms with Gasteiger partial charge in [-0.2, -0.15) is 0 Å². The van der Waals surface area contributed by atoms with E-state index in [1.165, 1.54) is 0 Å². The van der Waals surface area contributed by atoms with Crippen LogP contribution in [0.1, 0.15) is 39.5 Å². The minimum atomic E-state index is -0.179. The molecule has 0 fully saturated rings. The molecule has 1 unspecified atom stereocenters. The maximum Gasteiger partial charge on any atom is 0.323 e. The summed E-state index contributed by atoms with van der Waals surface area (Å²) >= 11 is 0. The van der Waals surface area contributed by atoms with Gasteiger partial charge in [-0.25, -0.2) is 0 Å². The van der Waals surface area contributed by atoms with Gasteiger partial charge in [0.1, 0.15) is 6.04 Å². The van der Waals surface area contributed by atoms with E-state index in [1.54, 1.807) is 7.11 Å². The number of unbranched alkanes of at least 4 members (excludes halogenated alkanes) is 2. The molecule has 4 nitrogen and oxygen atoms in total. The lowest BCUT2D eigenvalue weighted by Crippen LogP contribution is -2.39. The lowest BCUT2D eigenvalue weighted by Gasteiger charge is -2.16. The lowest BCUT2D eigenvalue weighted by atomic mass is 10.1. The molecular formula is C12H25NO3. The van der Waals surface area contributed by atoms with Crippen LogP contribution in [0, 0.1) is 0 Å². The first-order chi connectivity index (χ1) is 7.76. The molecular weight excluding hydrogens is 206 g/mol. The maximum atomic E-state index is 11.6. The van der Waals surface area contributed by atoms with Crippen molar-refractivity contribution in [2.45, 2.75) is 45.6 Å². The van der Waals surface area contributed by atoms with Crippen LogP contribution >= 0.6 is 0 Å². The smallest absolute Gasteiger partial charge is 0.323 e. The first kappa shape index (κ1) is 15.4. The third-order valence-corrected chi connectivity index (χ3v) is 2.36. The van der Waals surface area contributed by atoms with E-state index in [0.717, 1.165) is 25.7 Å². The van der Waals surface area contributed by atoms with Crippen LogP contribution in [0.25, 0.3) is 0 Å². The van der Waals surface area contributed by atoms with E-state index >= 15 is 0 Å². The highest BCUT2D eigenvalue weighted by Crippen LogP contribution is 2.05. The molecule has 0 rings (SSSR count). The zero-order chi connectivity index (χ0) is 12.2. The van der Waals surface area contributed by atoms with E-state index in [-0.39, 0.29) is 12.0 Å². The van der Waals surface area contributed by atoms with Crippen molar-refractivity contribution in [3.63, 3.8) is 0 Å².